The van der Waals surface area contributed by atoms with Crippen LogP contribution in [0.15, 0.2) is 22.7 Å². The summed E-state index contributed by atoms with van der Waals surface area (Å²) in [5, 5.41) is 4.53. The van der Waals surface area contributed by atoms with E-state index in [9.17, 15) is 4.79 Å². The molecule has 2 rings (SSSR count). The molecule has 0 unspecified atom stereocenters. The molecule has 2 aromatic rings. The van der Waals surface area contributed by atoms with Crippen LogP contribution in [0.5, 0.6) is 5.75 Å². The van der Waals surface area contributed by atoms with Gasteiger partial charge in [0.15, 0.2) is 0 Å². The van der Waals surface area contributed by atoms with Crippen molar-refractivity contribution in [2.24, 2.45) is 0 Å². The molecule has 22 heavy (non-hydrogen) atoms. The normalized spacial score (nSPS) is 10.6. The molecule has 0 spiro atoms. The van der Waals surface area contributed by atoms with Gasteiger partial charge in [0.05, 0.1) is 12.8 Å². The fraction of sp³-hybridized carbons (Fsp3) is 0.375. The molecule has 0 saturated carbocycles. The van der Waals surface area contributed by atoms with Crippen LogP contribution in [0.25, 0.3) is 0 Å². The standard InChI is InChI=1S/C16H19ClN2O3/c1-5-13-15(10(2)22-18-13)16(20)19(3)9-11-8-12(17)6-7-14(11)21-4/h6-8H,5,9H2,1-4H3. The third kappa shape index (κ3) is 3.25. The van der Waals surface area contributed by atoms with Crippen LogP contribution in [0.4, 0.5) is 0 Å². The highest BCUT2D eigenvalue weighted by atomic mass is 35.5. The summed E-state index contributed by atoms with van der Waals surface area (Å²) in [7, 11) is 3.32. The number of amides is 1. The van der Waals surface area contributed by atoms with Gasteiger partial charge in [-0.05, 0) is 31.5 Å². The number of aromatic nitrogens is 1. The zero-order valence-corrected chi connectivity index (χ0v) is 13.9. The molecule has 1 amide bonds. The quantitative estimate of drug-likeness (QED) is 0.845. The number of halogens is 1. The maximum absolute atomic E-state index is 12.6. The number of rotatable bonds is 5. The molecule has 0 radical (unpaired) electrons. The Hall–Kier alpha value is -2.01. The second-order valence-electron chi connectivity index (χ2n) is 5.03. The van der Waals surface area contributed by atoms with E-state index in [4.69, 9.17) is 20.9 Å². The Kier molecular flexibility index (Phi) is 5.08. The maximum atomic E-state index is 12.6. The van der Waals surface area contributed by atoms with Gasteiger partial charge in [-0.25, -0.2) is 0 Å². The molecule has 0 saturated heterocycles. The number of benzene rings is 1. The van der Waals surface area contributed by atoms with Crippen molar-refractivity contribution in [1.82, 2.24) is 10.1 Å². The van der Waals surface area contributed by atoms with Crippen molar-refractivity contribution in [3.63, 3.8) is 0 Å². The molecule has 1 aromatic carbocycles. The number of carbonyl (C=O) groups is 1. The average molecular weight is 323 g/mol. The maximum Gasteiger partial charge on any atom is 0.259 e. The van der Waals surface area contributed by atoms with Gasteiger partial charge in [0, 0.05) is 24.2 Å². The summed E-state index contributed by atoms with van der Waals surface area (Å²) >= 11 is 6.03. The second-order valence-corrected chi connectivity index (χ2v) is 5.47. The van der Waals surface area contributed by atoms with Crippen molar-refractivity contribution >= 4 is 17.5 Å². The van der Waals surface area contributed by atoms with Crippen LogP contribution in [0.2, 0.25) is 5.02 Å². The van der Waals surface area contributed by atoms with Gasteiger partial charge in [-0.3, -0.25) is 4.79 Å². The highest BCUT2D eigenvalue weighted by molar-refractivity contribution is 6.30. The first-order valence-corrected chi connectivity index (χ1v) is 7.38. The van der Waals surface area contributed by atoms with Crippen LogP contribution in [0, 0.1) is 6.92 Å². The molecule has 118 valence electrons. The van der Waals surface area contributed by atoms with Gasteiger partial charge in [0.1, 0.15) is 17.1 Å². The third-order valence-corrected chi connectivity index (χ3v) is 3.71. The van der Waals surface area contributed by atoms with E-state index < -0.39 is 0 Å². The lowest BCUT2D eigenvalue weighted by atomic mass is 10.1. The first kappa shape index (κ1) is 16.4. The first-order chi connectivity index (χ1) is 10.5. The van der Waals surface area contributed by atoms with E-state index in [1.165, 1.54) is 0 Å². The van der Waals surface area contributed by atoms with Crippen molar-refractivity contribution in [3.05, 3.63) is 45.8 Å². The molecule has 6 heteroatoms. The van der Waals surface area contributed by atoms with E-state index in [-0.39, 0.29) is 5.91 Å². The van der Waals surface area contributed by atoms with E-state index in [1.807, 2.05) is 6.92 Å². The molecule has 1 aromatic heterocycles. The molecule has 5 nitrogen and oxygen atoms in total. The minimum Gasteiger partial charge on any atom is -0.496 e. The summed E-state index contributed by atoms with van der Waals surface area (Å²) in [5.74, 6) is 1.10. The van der Waals surface area contributed by atoms with Crippen molar-refractivity contribution in [1.29, 1.82) is 0 Å². The number of aryl methyl sites for hydroxylation is 2. The Morgan fingerprint density at radius 1 is 1.45 bits per heavy atom. The molecular formula is C16H19ClN2O3. The first-order valence-electron chi connectivity index (χ1n) is 7.01. The smallest absolute Gasteiger partial charge is 0.259 e. The SMILES string of the molecule is CCc1noc(C)c1C(=O)N(C)Cc1cc(Cl)ccc1OC. The van der Waals surface area contributed by atoms with E-state index >= 15 is 0 Å². The zero-order chi connectivity index (χ0) is 16.3. The van der Waals surface area contributed by atoms with E-state index in [2.05, 4.69) is 5.16 Å². The average Bonchev–Trinajstić information content (AvgIpc) is 2.87. The topological polar surface area (TPSA) is 55.6 Å². The van der Waals surface area contributed by atoms with Gasteiger partial charge >= 0.3 is 0 Å². The Morgan fingerprint density at radius 3 is 2.82 bits per heavy atom. The van der Waals surface area contributed by atoms with Gasteiger partial charge in [0.25, 0.3) is 5.91 Å². The molecule has 0 aliphatic heterocycles. The minimum absolute atomic E-state index is 0.127. The Labute approximate surface area is 134 Å². The molecule has 0 aliphatic carbocycles. The van der Waals surface area contributed by atoms with E-state index in [0.29, 0.717) is 40.8 Å². The minimum atomic E-state index is -0.127. The van der Waals surface area contributed by atoms with Crippen LogP contribution in [-0.2, 0) is 13.0 Å². The fourth-order valence-corrected chi connectivity index (χ4v) is 2.52. The van der Waals surface area contributed by atoms with E-state index in [0.717, 1.165) is 5.56 Å². The van der Waals surface area contributed by atoms with Crippen molar-refractivity contribution in [3.8, 4) is 5.75 Å². The summed E-state index contributed by atoms with van der Waals surface area (Å²) < 4.78 is 10.4. The van der Waals surface area contributed by atoms with Gasteiger partial charge < -0.3 is 14.2 Å². The summed E-state index contributed by atoms with van der Waals surface area (Å²) in [5.41, 5.74) is 2.05. The Morgan fingerprint density at radius 2 is 2.18 bits per heavy atom. The molecule has 0 bridgehead atoms. The van der Waals surface area contributed by atoms with Gasteiger partial charge in [-0.2, -0.15) is 0 Å². The number of methoxy groups -OCH3 is 1. The lowest BCUT2D eigenvalue weighted by molar-refractivity contribution is 0.0781. The van der Waals surface area contributed by atoms with E-state index in [1.54, 1.807) is 44.2 Å². The zero-order valence-electron chi connectivity index (χ0n) is 13.1. The number of hydrogen-bond acceptors (Lipinski definition) is 4. The van der Waals surface area contributed by atoms with Gasteiger partial charge in [-0.15, -0.1) is 0 Å². The summed E-state index contributed by atoms with van der Waals surface area (Å²) in [6.45, 7) is 4.07. The van der Waals surface area contributed by atoms with Gasteiger partial charge in [0.2, 0.25) is 0 Å². The number of carbonyl (C=O) groups excluding carboxylic acids is 1. The summed E-state index contributed by atoms with van der Waals surface area (Å²) in [6.07, 6.45) is 0.646. The highest BCUT2D eigenvalue weighted by Gasteiger charge is 2.23. The third-order valence-electron chi connectivity index (χ3n) is 3.48. The predicted molar refractivity (Wildman–Crippen MR) is 84.4 cm³/mol. The Balaban J connectivity index is 2.25. The van der Waals surface area contributed by atoms with Crippen LogP contribution >= 0.6 is 11.6 Å². The molecule has 0 aliphatic rings. The van der Waals surface area contributed by atoms with Crippen LogP contribution in [-0.4, -0.2) is 30.1 Å². The predicted octanol–water partition coefficient (Wildman–Crippen LogP) is 3.48. The Bertz CT molecular complexity index is 682. The van der Waals surface area contributed by atoms with Gasteiger partial charge in [-0.1, -0.05) is 23.7 Å². The largest absolute Gasteiger partial charge is 0.496 e. The molecule has 0 atom stereocenters. The molecule has 1 heterocycles. The van der Waals surface area contributed by atoms with Crippen molar-refractivity contribution < 1.29 is 14.1 Å². The fourth-order valence-electron chi connectivity index (χ4n) is 2.32. The number of nitrogens with zero attached hydrogens (tertiary/aromatic N) is 2. The summed E-state index contributed by atoms with van der Waals surface area (Å²) in [4.78, 5) is 14.3. The van der Waals surface area contributed by atoms with Crippen molar-refractivity contribution in [2.45, 2.75) is 26.8 Å². The van der Waals surface area contributed by atoms with Crippen LogP contribution in [0.3, 0.4) is 0 Å². The second kappa shape index (κ2) is 6.83. The number of hydrogen-bond donors (Lipinski definition) is 0. The highest BCUT2D eigenvalue weighted by Crippen LogP contribution is 2.25. The lowest BCUT2D eigenvalue weighted by Gasteiger charge is -2.19. The van der Waals surface area contributed by atoms with Crippen LogP contribution < -0.4 is 4.74 Å². The number of ether oxygens (including phenoxy) is 1. The molecule has 0 fully saturated rings. The lowest BCUT2D eigenvalue weighted by Crippen LogP contribution is -2.27. The van der Waals surface area contributed by atoms with Crippen molar-refractivity contribution in [2.75, 3.05) is 14.2 Å². The van der Waals surface area contributed by atoms with Crippen LogP contribution in [0.1, 0.15) is 34.3 Å². The molecular weight excluding hydrogens is 304 g/mol. The monoisotopic (exact) mass is 322 g/mol. The summed E-state index contributed by atoms with van der Waals surface area (Å²) in [6, 6.07) is 5.34. The molecule has 0 N–H and O–H groups in total.